The number of aliphatic hydroxyl groups excluding tert-OH is 2. The van der Waals surface area contributed by atoms with E-state index in [1.165, 1.54) is 6.07 Å². The minimum absolute atomic E-state index is 0.00586. The molecule has 1 aromatic carbocycles. The van der Waals surface area contributed by atoms with E-state index in [-0.39, 0.29) is 18.5 Å². The Bertz CT molecular complexity index is 392. The van der Waals surface area contributed by atoms with Crippen molar-refractivity contribution in [1.82, 2.24) is 0 Å². The second-order valence-corrected chi connectivity index (χ2v) is 4.77. The molecular weight excluding hydrogens is 245 g/mol. The van der Waals surface area contributed by atoms with E-state index in [9.17, 15) is 9.50 Å². The SMILES string of the molecule is CCC(CC)N(CCO)c1ccc([C@@H](C)O)cc1F. The van der Waals surface area contributed by atoms with Gasteiger partial charge in [0.05, 0.1) is 18.4 Å². The van der Waals surface area contributed by atoms with E-state index in [0.717, 1.165) is 12.8 Å². The molecule has 1 rings (SSSR count). The van der Waals surface area contributed by atoms with Crippen molar-refractivity contribution >= 4 is 5.69 Å². The number of rotatable bonds is 7. The molecule has 0 aliphatic rings. The van der Waals surface area contributed by atoms with E-state index < -0.39 is 6.10 Å². The average Bonchev–Trinajstić information content (AvgIpc) is 2.39. The van der Waals surface area contributed by atoms with Crippen molar-refractivity contribution in [2.24, 2.45) is 0 Å². The third kappa shape index (κ3) is 3.91. The summed E-state index contributed by atoms with van der Waals surface area (Å²) < 4.78 is 14.2. The molecule has 0 aliphatic carbocycles. The summed E-state index contributed by atoms with van der Waals surface area (Å²) in [4.78, 5) is 1.90. The molecule has 2 N–H and O–H groups in total. The highest BCUT2D eigenvalue weighted by atomic mass is 19.1. The molecule has 1 atom stereocenters. The van der Waals surface area contributed by atoms with E-state index >= 15 is 0 Å². The van der Waals surface area contributed by atoms with Gasteiger partial charge in [-0.25, -0.2) is 4.39 Å². The molecule has 0 saturated carbocycles. The molecule has 19 heavy (non-hydrogen) atoms. The molecule has 0 saturated heterocycles. The number of aliphatic hydroxyl groups is 2. The predicted molar refractivity (Wildman–Crippen MR) is 75.8 cm³/mol. The highest BCUT2D eigenvalue weighted by Gasteiger charge is 2.19. The first kappa shape index (κ1) is 15.9. The Morgan fingerprint density at radius 1 is 1.26 bits per heavy atom. The number of benzene rings is 1. The van der Waals surface area contributed by atoms with E-state index in [1.54, 1.807) is 19.1 Å². The summed E-state index contributed by atoms with van der Waals surface area (Å²) in [5.41, 5.74) is 1.06. The van der Waals surface area contributed by atoms with Crippen LogP contribution in [0.1, 0.15) is 45.3 Å². The van der Waals surface area contributed by atoms with Crippen molar-refractivity contribution in [2.45, 2.75) is 45.8 Å². The molecule has 0 fully saturated rings. The molecule has 0 heterocycles. The summed E-state index contributed by atoms with van der Waals surface area (Å²) in [5.74, 6) is -0.348. The van der Waals surface area contributed by atoms with Crippen molar-refractivity contribution in [3.8, 4) is 0 Å². The van der Waals surface area contributed by atoms with Crippen molar-refractivity contribution in [3.63, 3.8) is 0 Å². The lowest BCUT2D eigenvalue weighted by molar-refractivity contribution is 0.199. The van der Waals surface area contributed by atoms with E-state index in [1.807, 2.05) is 4.90 Å². The van der Waals surface area contributed by atoms with Gasteiger partial charge >= 0.3 is 0 Å². The standard InChI is InChI=1S/C15H24FNO2/c1-4-13(5-2)17(8-9-18)15-7-6-12(11(3)19)10-14(15)16/h6-7,10-11,13,18-19H,4-5,8-9H2,1-3H3/t11-/m1/s1. The molecule has 0 aromatic heterocycles. The molecule has 0 unspecified atom stereocenters. The lowest BCUT2D eigenvalue weighted by Gasteiger charge is -2.32. The van der Waals surface area contributed by atoms with Crippen LogP contribution in [0.15, 0.2) is 18.2 Å². The monoisotopic (exact) mass is 269 g/mol. The maximum atomic E-state index is 14.2. The van der Waals surface area contributed by atoms with Gasteiger partial charge in [0.25, 0.3) is 0 Å². The van der Waals surface area contributed by atoms with Crippen LogP contribution in [0.4, 0.5) is 10.1 Å². The number of halogens is 1. The zero-order chi connectivity index (χ0) is 14.4. The van der Waals surface area contributed by atoms with Gasteiger partial charge in [0.1, 0.15) is 5.82 Å². The van der Waals surface area contributed by atoms with Gasteiger partial charge in [-0.2, -0.15) is 0 Å². The van der Waals surface area contributed by atoms with E-state index in [2.05, 4.69) is 13.8 Å². The topological polar surface area (TPSA) is 43.7 Å². The summed E-state index contributed by atoms with van der Waals surface area (Å²) >= 11 is 0. The van der Waals surface area contributed by atoms with Crippen LogP contribution in [-0.2, 0) is 0 Å². The molecule has 0 spiro atoms. The average molecular weight is 269 g/mol. The van der Waals surface area contributed by atoms with Crippen LogP contribution in [-0.4, -0.2) is 29.4 Å². The predicted octanol–water partition coefficient (Wildman–Crippen LogP) is 2.87. The molecule has 0 aliphatic heterocycles. The van der Waals surface area contributed by atoms with Crippen molar-refractivity contribution in [2.75, 3.05) is 18.1 Å². The molecule has 0 radical (unpaired) electrons. The Labute approximate surface area is 114 Å². The quantitative estimate of drug-likeness (QED) is 0.800. The number of anilines is 1. The third-order valence-electron chi connectivity index (χ3n) is 3.49. The maximum Gasteiger partial charge on any atom is 0.146 e. The highest BCUT2D eigenvalue weighted by Crippen LogP contribution is 2.26. The van der Waals surface area contributed by atoms with Gasteiger partial charge in [0.2, 0.25) is 0 Å². The summed E-state index contributed by atoms with van der Waals surface area (Å²) in [5, 5.41) is 18.6. The first-order valence-corrected chi connectivity index (χ1v) is 6.90. The fraction of sp³-hybridized carbons (Fsp3) is 0.600. The second-order valence-electron chi connectivity index (χ2n) is 4.77. The minimum Gasteiger partial charge on any atom is -0.395 e. The highest BCUT2D eigenvalue weighted by molar-refractivity contribution is 5.50. The molecule has 0 bridgehead atoms. The Kier molecular flexibility index (Phi) is 6.25. The van der Waals surface area contributed by atoms with Gasteiger partial charge in [-0.15, -0.1) is 0 Å². The molecule has 1 aromatic rings. The van der Waals surface area contributed by atoms with E-state index in [4.69, 9.17) is 5.11 Å². The molecule has 108 valence electrons. The van der Waals surface area contributed by atoms with Crippen molar-refractivity contribution in [3.05, 3.63) is 29.6 Å². The van der Waals surface area contributed by atoms with Crippen LogP contribution in [0, 0.1) is 5.82 Å². The first-order chi connectivity index (χ1) is 9.04. The number of nitrogens with zero attached hydrogens (tertiary/aromatic N) is 1. The molecule has 4 heteroatoms. The smallest absolute Gasteiger partial charge is 0.146 e. The summed E-state index contributed by atoms with van der Waals surface area (Å²) in [6, 6.07) is 4.99. The van der Waals surface area contributed by atoms with Crippen LogP contribution in [0.2, 0.25) is 0 Å². The zero-order valence-corrected chi connectivity index (χ0v) is 11.9. The lowest BCUT2D eigenvalue weighted by atomic mass is 10.1. The second kappa shape index (κ2) is 7.46. The van der Waals surface area contributed by atoms with Gasteiger partial charge in [-0.05, 0) is 37.5 Å². The van der Waals surface area contributed by atoms with Crippen LogP contribution >= 0.6 is 0 Å². The van der Waals surface area contributed by atoms with Crippen LogP contribution in [0.3, 0.4) is 0 Å². The fourth-order valence-electron chi connectivity index (χ4n) is 2.35. The van der Waals surface area contributed by atoms with Gasteiger partial charge < -0.3 is 15.1 Å². The fourth-order valence-corrected chi connectivity index (χ4v) is 2.35. The minimum atomic E-state index is -0.678. The molecule has 0 amide bonds. The van der Waals surface area contributed by atoms with Gasteiger partial charge in [0.15, 0.2) is 0 Å². The first-order valence-electron chi connectivity index (χ1n) is 6.90. The van der Waals surface area contributed by atoms with Gasteiger partial charge in [-0.1, -0.05) is 19.9 Å². The summed E-state index contributed by atoms with van der Waals surface area (Å²) in [6.07, 6.45) is 1.12. The summed E-state index contributed by atoms with van der Waals surface area (Å²) in [7, 11) is 0. The number of hydrogen-bond donors (Lipinski definition) is 2. The Morgan fingerprint density at radius 3 is 2.32 bits per heavy atom. The zero-order valence-electron chi connectivity index (χ0n) is 11.9. The van der Waals surface area contributed by atoms with E-state index in [0.29, 0.717) is 17.8 Å². The lowest BCUT2D eigenvalue weighted by Crippen LogP contribution is -2.37. The van der Waals surface area contributed by atoms with Crippen LogP contribution in [0.25, 0.3) is 0 Å². The third-order valence-corrected chi connectivity index (χ3v) is 3.49. The van der Waals surface area contributed by atoms with Gasteiger partial charge in [-0.3, -0.25) is 0 Å². The number of hydrogen-bond acceptors (Lipinski definition) is 3. The Hall–Kier alpha value is -1.13. The van der Waals surface area contributed by atoms with Crippen molar-refractivity contribution in [1.29, 1.82) is 0 Å². The molecular formula is C15H24FNO2. The Balaban J connectivity index is 3.08. The maximum absolute atomic E-state index is 14.2. The van der Waals surface area contributed by atoms with Crippen molar-refractivity contribution < 1.29 is 14.6 Å². The van der Waals surface area contributed by atoms with Gasteiger partial charge in [0, 0.05) is 12.6 Å². The molecule has 3 nitrogen and oxygen atoms in total. The summed E-state index contributed by atoms with van der Waals surface area (Å²) in [6.45, 7) is 6.13. The Morgan fingerprint density at radius 2 is 1.89 bits per heavy atom. The largest absolute Gasteiger partial charge is 0.395 e. The van der Waals surface area contributed by atoms with Crippen LogP contribution < -0.4 is 4.90 Å². The normalized spacial score (nSPS) is 12.8. The van der Waals surface area contributed by atoms with Crippen LogP contribution in [0.5, 0.6) is 0 Å².